The molecule has 2 saturated carbocycles. The quantitative estimate of drug-likeness (QED) is 0.561. The monoisotopic (exact) mass is 283 g/mol. The van der Waals surface area contributed by atoms with Crippen LogP contribution < -0.4 is 0 Å². The molecule has 0 radical (unpaired) electrons. The highest BCUT2D eigenvalue weighted by molar-refractivity contribution is 5.41. The molecule has 2 aliphatic carbocycles. The zero-order valence-corrected chi connectivity index (χ0v) is 13.2. The van der Waals surface area contributed by atoms with Crippen LogP contribution in [0.15, 0.2) is 29.3 Å². The molecular weight excluding hydrogens is 258 g/mol. The molecule has 0 heterocycles. The van der Waals surface area contributed by atoms with Gasteiger partial charge in [0.15, 0.2) is 0 Å². The van der Waals surface area contributed by atoms with Crippen LogP contribution in [0.1, 0.15) is 75.8 Å². The zero-order valence-electron chi connectivity index (χ0n) is 13.2. The van der Waals surface area contributed by atoms with Gasteiger partial charge in [-0.3, -0.25) is 0 Å². The third-order valence-corrected chi connectivity index (χ3v) is 5.67. The lowest BCUT2D eigenvalue weighted by atomic mass is 9.69. The maximum atomic E-state index is 10.8. The summed E-state index contributed by atoms with van der Waals surface area (Å²) in [5, 5.41) is 0. The van der Waals surface area contributed by atoms with Crippen molar-refractivity contribution in [3.05, 3.63) is 35.4 Å². The number of hydrogen-bond donors (Lipinski definition) is 0. The summed E-state index contributed by atoms with van der Waals surface area (Å²) in [6.45, 7) is 4.75. The number of carbonyl (C=O) groups excluding carboxylic acids is 1. The predicted octanol–water partition coefficient (Wildman–Crippen LogP) is 5.09. The van der Waals surface area contributed by atoms with E-state index in [9.17, 15) is 4.79 Å². The van der Waals surface area contributed by atoms with Crippen molar-refractivity contribution >= 4 is 6.08 Å². The van der Waals surface area contributed by atoms with E-state index in [1.807, 2.05) is 0 Å². The van der Waals surface area contributed by atoms with Gasteiger partial charge < -0.3 is 0 Å². The topological polar surface area (TPSA) is 29.4 Å². The first-order chi connectivity index (χ1) is 10.0. The van der Waals surface area contributed by atoms with E-state index in [0.29, 0.717) is 11.3 Å². The summed E-state index contributed by atoms with van der Waals surface area (Å²) in [4.78, 5) is 14.9. The Morgan fingerprint density at radius 3 is 2.43 bits per heavy atom. The Balaban J connectivity index is 1.82. The lowest BCUT2D eigenvalue weighted by molar-refractivity contribution is 0.223. The normalized spacial score (nSPS) is 23.9. The van der Waals surface area contributed by atoms with Crippen molar-refractivity contribution in [2.75, 3.05) is 0 Å². The van der Waals surface area contributed by atoms with Crippen molar-refractivity contribution in [2.45, 2.75) is 70.3 Å². The van der Waals surface area contributed by atoms with E-state index < -0.39 is 0 Å². The standard InChI is InChI=1S/C19H25NO/c1-18(2)11-7-15(8-12-18)16-5-3-6-17(13-16)19(20-14-21)9-4-10-19/h3,5-6,13,15H,4,7-12H2,1-2H3. The number of rotatable bonds is 3. The van der Waals surface area contributed by atoms with E-state index in [0.717, 1.165) is 19.3 Å². The van der Waals surface area contributed by atoms with Gasteiger partial charge in [0.25, 0.3) is 0 Å². The molecule has 0 aromatic heterocycles. The van der Waals surface area contributed by atoms with Crippen LogP contribution in [0.5, 0.6) is 0 Å². The van der Waals surface area contributed by atoms with Crippen LogP contribution >= 0.6 is 0 Å². The summed E-state index contributed by atoms with van der Waals surface area (Å²) in [6.07, 6.45) is 10.1. The molecule has 0 saturated heterocycles. The van der Waals surface area contributed by atoms with Crippen LogP contribution in [-0.4, -0.2) is 6.08 Å². The van der Waals surface area contributed by atoms with Gasteiger partial charge in [-0.1, -0.05) is 38.1 Å². The van der Waals surface area contributed by atoms with Crippen LogP contribution in [0.4, 0.5) is 0 Å². The van der Waals surface area contributed by atoms with Crippen LogP contribution in [-0.2, 0) is 10.3 Å². The maximum absolute atomic E-state index is 10.8. The van der Waals surface area contributed by atoms with Gasteiger partial charge in [-0.25, -0.2) is 4.79 Å². The lowest BCUT2D eigenvalue weighted by Gasteiger charge is -2.38. The maximum Gasteiger partial charge on any atom is 0.235 e. The van der Waals surface area contributed by atoms with Crippen LogP contribution in [0.3, 0.4) is 0 Å². The van der Waals surface area contributed by atoms with E-state index in [1.54, 1.807) is 6.08 Å². The number of hydrogen-bond acceptors (Lipinski definition) is 2. The minimum Gasteiger partial charge on any atom is -0.211 e. The highest BCUT2D eigenvalue weighted by Crippen LogP contribution is 2.47. The first-order valence-electron chi connectivity index (χ1n) is 8.24. The fourth-order valence-electron chi connectivity index (χ4n) is 3.88. The highest BCUT2D eigenvalue weighted by Gasteiger charge is 2.39. The van der Waals surface area contributed by atoms with Gasteiger partial charge >= 0.3 is 0 Å². The summed E-state index contributed by atoms with van der Waals surface area (Å²) in [5.74, 6) is 0.676. The Bertz CT molecular complexity index is 555. The lowest BCUT2D eigenvalue weighted by Crippen LogP contribution is -2.32. The Morgan fingerprint density at radius 2 is 1.86 bits per heavy atom. The largest absolute Gasteiger partial charge is 0.235 e. The fourth-order valence-corrected chi connectivity index (χ4v) is 3.88. The second-order valence-electron chi connectivity index (χ2n) is 7.65. The Kier molecular flexibility index (Phi) is 3.75. The summed E-state index contributed by atoms with van der Waals surface area (Å²) >= 11 is 0. The van der Waals surface area contributed by atoms with Crippen LogP contribution in [0.2, 0.25) is 0 Å². The van der Waals surface area contributed by atoms with Crippen LogP contribution in [0.25, 0.3) is 0 Å². The molecule has 0 N–H and O–H groups in total. The van der Waals surface area contributed by atoms with Crippen molar-refractivity contribution in [3.8, 4) is 0 Å². The third kappa shape index (κ3) is 2.82. The van der Waals surface area contributed by atoms with Crippen molar-refractivity contribution < 1.29 is 4.79 Å². The minimum atomic E-state index is -0.258. The molecule has 2 aliphatic rings. The smallest absolute Gasteiger partial charge is 0.211 e. The number of aliphatic imine (C=N–C) groups is 1. The third-order valence-electron chi connectivity index (χ3n) is 5.67. The molecule has 1 aromatic rings. The predicted molar refractivity (Wildman–Crippen MR) is 85.1 cm³/mol. The van der Waals surface area contributed by atoms with E-state index in [1.165, 1.54) is 36.8 Å². The first-order valence-corrected chi connectivity index (χ1v) is 8.24. The molecule has 2 nitrogen and oxygen atoms in total. The van der Waals surface area contributed by atoms with Gasteiger partial charge in [-0.2, -0.15) is 4.99 Å². The summed E-state index contributed by atoms with van der Waals surface area (Å²) in [7, 11) is 0. The Labute approximate surface area is 127 Å². The van der Waals surface area contributed by atoms with Crippen LogP contribution in [0, 0.1) is 5.41 Å². The van der Waals surface area contributed by atoms with E-state index >= 15 is 0 Å². The average molecular weight is 283 g/mol. The Hall–Kier alpha value is -1.40. The molecular formula is C19H25NO. The molecule has 112 valence electrons. The molecule has 0 amide bonds. The molecule has 0 unspecified atom stereocenters. The Morgan fingerprint density at radius 1 is 1.14 bits per heavy atom. The van der Waals surface area contributed by atoms with Gasteiger partial charge in [0.1, 0.15) is 0 Å². The minimum absolute atomic E-state index is 0.258. The van der Waals surface area contributed by atoms with Gasteiger partial charge in [0.05, 0.1) is 5.54 Å². The molecule has 1 aromatic carbocycles. The summed E-state index contributed by atoms with van der Waals surface area (Å²) in [6, 6.07) is 8.84. The SMILES string of the molecule is CC1(C)CCC(c2cccc(C3(N=C=O)CCC3)c2)CC1. The summed E-state index contributed by atoms with van der Waals surface area (Å²) < 4.78 is 0. The molecule has 2 heteroatoms. The molecule has 0 aliphatic heterocycles. The van der Waals surface area contributed by atoms with Gasteiger partial charge in [-0.15, -0.1) is 0 Å². The molecule has 2 fully saturated rings. The second-order valence-corrected chi connectivity index (χ2v) is 7.65. The first kappa shape index (κ1) is 14.5. The molecule has 0 bridgehead atoms. The van der Waals surface area contributed by atoms with E-state index in [4.69, 9.17) is 0 Å². The highest BCUT2D eigenvalue weighted by atomic mass is 16.1. The van der Waals surface area contributed by atoms with Gasteiger partial charge in [-0.05, 0) is 67.4 Å². The molecule has 21 heavy (non-hydrogen) atoms. The average Bonchev–Trinajstić information content (AvgIpc) is 2.43. The van der Waals surface area contributed by atoms with Crippen molar-refractivity contribution in [1.29, 1.82) is 0 Å². The van der Waals surface area contributed by atoms with Crippen molar-refractivity contribution in [1.82, 2.24) is 0 Å². The second kappa shape index (κ2) is 5.42. The molecule has 3 rings (SSSR count). The van der Waals surface area contributed by atoms with Crippen molar-refractivity contribution in [2.24, 2.45) is 10.4 Å². The van der Waals surface area contributed by atoms with Gasteiger partial charge in [0.2, 0.25) is 6.08 Å². The van der Waals surface area contributed by atoms with E-state index in [2.05, 4.69) is 43.1 Å². The summed E-state index contributed by atoms with van der Waals surface area (Å²) in [5.41, 5.74) is 2.91. The molecule has 0 spiro atoms. The molecule has 0 atom stereocenters. The van der Waals surface area contributed by atoms with Gasteiger partial charge in [0, 0.05) is 0 Å². The van der Waals surface area contributed by atoms with E-state index in [-0.39, 0.29) is 5.54 Å². The fraction of sp³-hybridized carbons (Fsp3) is 0.632. The zero-order chi connectivity index (χ0) is 14.9. The van der Waals surface area contributed by atoms with Crippen molar-refractivity contribution in [3.63, 3.8) is 0 Å². The number of benzene rings is 1. The number of isocyanates is 1. The number of nitrogens with zero attached hydrogens (tertiary/aromatic N) is 1.